The number of hydrogen-bond acceptors (Lipinski definition) is 10. The molecule has 1 saturated heterocycles. The predicted octanol–water partition coefficient (Wildman–Crippen LogP) is -4.64. The average Bonchev–Trinajstić information content (AvgIpc) is 3.43. The van der Waals surface area contributed by atoms with Gasteiger partial charge in [0.1, 0.15) is 24.2 Å². The lowest BCUT2D eigenvalue weighted by molar-refractivity contribution is -0.149. The summed E-state index contributed by atoms with van der Waals surface area (Å²) in [6, 6.07) is -6.12. The van der Waals surface area contributed by atoms with Crippen LogP contribution in [-0.2, 0) is 33.6 Å². The van der Waals surface area contributed by atoms with Crippen LogP contribution < -0.4 is 44.6 Å². The minimum absolute atomic E-state index is 0.108. The highest BCUT2D eigenvalue weighted by Gasteiger charge is 2.38. The molecule has 43 heavy (non-hydrogen) atoms. The molecule has 1 rings (SSSR count). The highest BCUT2D eigenvalue weighted by Crippen LogP contribution is 2.20. The monoisotopic (exact) mass is 630 g/mol. The van der Waals surface area contributed by atoms with Crippen molar-refractivity contribution >= 4 is 60.0 Å². The number of likely N-dealkylation sites (tertiary alicyclic amines) is 1. The smallest absolute Gasteiger partial charge is 0.326 e. The molecular formula is C24H42N10O8S. The maximum Gasteiger partial charge on any atom is 0.326 e. The first-order valence-corrected chi connectivity index (χ1v) is 14.2. The second-order valence-corrected chi connectivity index (χ2v) is 10.3. The number of thiol groups is 1. The third-order valence-electron chi connectivity index (χ3n) is 6.55. The molecule has 5 atom stereocenters. The lowest BCUT2D eigenvalue weighted by Crippen LogP contribution is -2.59. The SMILES string of the molecule is NC(=O)CC[C@H](NC(=O)[C@H](CS)NC(=O)[C@@H](N)CCCN=C(N)N)C(=O)N[C@@H](CCC(N)=O)C(=O)N1CCC[C@H]1C(=O)O. The van der Waals surface area contributed by atoms with Gasteiger partial charge in [-0.25, -0.2) is 4.79 Å². The van der Waals surface area contributed by atoms with Gasteiger partial charge in [-0.1, -0.05) is 0 Å². The molecule has 6 amide bonds. The van der Waals surface area contributed by atoms with Crippen molar-refractivity contribution < 1.29 is 38.7 Å². The van der Waals surface area contributed by atoms with Gasteiger partial charge in [0.15, 0.2) is 5.96 Å². The van der Waals surface area contributed by atoms with Crippen LogP contribution in [0.25, 0.3) is 0 Å². The summed E-state index contributed by atoms with van der Waals surface area (Å²) in [5, 5.41) is 16.8. The molecule has 0 aromatic heterocycles. The quantitative estimate of drug-likeness (QED) is 0.0280. The molecule has 1 aliphatic rings. The van der Waals surface area contributed by atoms with Crippen molar-refractivity contribution in [2.45, 2.75) is 81.6 Å². The number of rotatable bonds is 19. The summed E-state index contributed by atoms with van der Waals surface area (Å²) in [5.41, 5.74) is 26.8. The molecule has 0 radical (unpaired) electrons. The summed E-state index contributed by atoms with van der Waals surface area (Å²) in [6.07, 6.45) is 0.0786. The van der Waals surface area contributed by atoms with Crippen molar-refractivity contribution in [1.29, 1.82) is 0 Å². The second kappa shape index (κ2) is 18.4. The predicted molar refractivity (Wildman–Crippen MR) is 157 cm³/mol. The second-order valence-electron chi connectivity index (χ2n) is 9.96. The topological polar surface area (TPSA) is 322 Å². The zero-order valence-electron chi connectivity index (χ0n) is 23.7. The van der Waals surface area contributed by atoms with E-state index >= 15 is 0 Å². The van der Waals surface area contributed by atoms with E-state index in [0.717, 1.165) is 4.90 Å². The number of hydrogen-bond donors (Lipinski definition) is 10. The third kappa shape index (κ3) is 13.2. The summed E-state index contributed by atoms with van der Waals surface area (Å²) in [6.45, 7) is 0.369. The van der Waals surface area contributed by atoms with Gasteiger partial charge in [0.2, 0.25) is 35.4 Å². The standard InChI is InChI=1S/C24H42N10O8S/c25-12(3-1-9-30-24(28)29)19(37)33-15(11-43)21(39)31-13(5-7-17(26)35)20(38)32-14(6-8-18(27)36)22(40)34-10-2-4-16(34)23(41)42/h12-16,43H,1-11,25H2,(H2,26,35)(H2,27,36)(H,31,39)(H,32,38)(H,33,37)(H,41,42)(H4,28,29,30)/t12-,13-,14-,15-,16-/m0/s1. The van der Waals surface area contributed by atoms with E-state index in [0.29, 0.717) is 12.8 Å². The molecule has 19 heteroatoms. The number of carbonyl (C=O) groups excluding carboxylic acids is 6. The lowest BCUT2D eigenvalue weighted by Gasteiger charge is -2.29. The molecule has 0 aliphatic carbocycles. The molecule has 18 nitrogen and oxygen atoms in total. The largest absolute Gasteiger partial charge is 0.480 e. The van der Waals surface area contributed by atoms with Gasteiger partial charge in [-0.05, 0) is 38.5 Å². The number of carboxylic acids is 1. The highest BCUT2D eigenvalue weighted by molar-refractivity contribution is 7.80. The molecule has 0 aromatic rings. The molecule has 0 saturated carbocycles. The van der Waals surface area contributed by atoms with E-state index in [-0.39, 0.29) is 63.3 Å². The number of nitrogens with two attached hydrogens (primary N) is 5. The van der Waals surface area contributed by atoms with E-state index in [9.17, 15) is 38.7 Å². The van der Waals surface area contributed by atoms with Crippen LogP contribution in [0.2, 0.25) is 0 Å². The fourth-order valence-corrected chi connectivity index (χ4v) is 4.51. The summed E-state index contributed by atoms with van der Waals surface area (Å²) < 4.78 is 0. The molecule has 0 spiro atoms. The Balaban J connectivity index is 3.02. The zero-order chi connectivity index (χ0) is 32.7. The van der Waals surface area contributed by atoms with Crippen LogP contribution in [-0.4, -0.2) is 106 Å². The number of primary amides is 2. The van der Waals surface area contributed by atoms with Gasteiger partial charge in [0.25, 0.3) is 0 Å². The highest BCUT2D eigenvalue weighted by atomic mass is 32.1. The molecule has 1 aliphatic heterocycles. The van der Waals surface area contributed by atoms with Gasteiger partial charge in [-0.2, -0.15) is 12.6 Å². The van der Waals surface area contributed by atoms with Crippen molar-refractivity contribution in [3.63, 3.8) is 0 Å². The van der Waals surface area contributed by atoms with Crippen LogP contribution in [0.5, 0.6) is 0 Å². The molecule has 1 fully saturated rings. The van der Waals surface area contributed by atoms with Crippen LogP contribution >= 0.6 is 12.6 Å². The maximum absolute atomic E-state index is 13.3. The third-order valence-corrected chi connectivity index (χ3v) is 6.91. The number of aliphatic carboxylic acids is 1. The van der Waals surface area contributed by atoms with Crippen LogP contribution in [0.3, 0.4) is 0 Å². The lowest BCUT2D eigenvalue weighted by atomic mass is 10.1. The first-order valence-electron chi connectivity index (χ1n) is 13.6. The fraction of sp³-hybridized carbons (Fsp3) is 0.667. The summed E-state index contributed by atoms with van der Waals surface area (Å²) in [4.78, 5) is 91.4. The van der Waals surface area contributed by atoms with E-state index in [1.165, 1.54) is 0 Å². The van der Waals surface area contributed by atoms with E-state index < -0.39 is 71.6 Å². The van der Waals surface area contributed by atoms with Crippen molar-refractivity contribution in [2.75, 3.05) is 18.8 Å². The Morgan fingerprint density at radius 1 is 0.837 bits per heavy atom. The average molecular weight is 631 g/mol. The normalized spacial score (nSPS) is 17.1. The maximum atomic E-state index is 13.3. The van der Waals surface area contributed by atoms with Gasteiger partial charge < -0.3 is 54.6 Å². The molecule has 0 unspecified atom stereocenters. The van der Waals surface area contributed by atoms with E-state index in [2.05, 4.69) is 33.6 Å². The van der Waals surface area contributed by atoms with Crippen molar-refractivity contribution in [3.8, 4) is 0 Å². The Labute approximate surface area is 253 Å². The van der Waals surface area contributed by atoms with E-state index in [1.807, 2.05) is 0 Å². The van der Waals surface area contributed by atoms with Gasteiger partial charge in [-0.3, -0.25) is 33.8 Å². The van der Waals surface area contributed by atoms with E-state index in [4.69, 9.17) is 28.7 Å². The van der Waals surface area contributed by atoms with Crippen LogP contribution in [0.4, 0.5) is 0 Å². The molecule has 1 heterocycles. The fourth-order valence-electron chi connectivity index (χ4n) is 4.25. The first kappa shape index (κ1) is 36.9. The van der Waals surface area contributed by atoms with Gasteiger partial charge in [-0.15, -0.1) is 0 Å². The van der Waals surface area contributed by atoms with E-state index in [1.54, 1.807) is 0 Å². The number of carbonyl (C=O) groups is 7. The van der Waals surface area contributed by atoms with Crippen molar-refractivity contribution in [2.24, 2.45) is 33.7 Å². The molecule has 242 valence electrons. The molecule has 14 N–H and O–H groups in total. The summed E-state index contributed by atoms with van der Waals surface area (Å²) in [7, 11) is 0. The summed E-state index contributed by atoms with van der Waals surface area (Å²) in [5.74, 6) is -6.22. The van der Waals surface area contributed by atoms with Crippen LogP contribution in [0, 0.1) is 0 Å². The minimum atomic E-state index is -1.41. The van der Waals surface area contributed by atoms with Crippen molar-refractivity contribution in [3.05, 3.63) is 0 Å². The number of guanidine groups is 1. The zero-order valence-corrected chi connectivity index (χ0v) is 24.6. The summed E-state index contributed by atoms with van der Waals surface area (Å²) >= 11 is 4.09. The number of amides is 6. The van der Waals surface area contributed by atoms with Crippen LogP contribution in [0.1, 0.15) is 51.4 Å². The Hall–Kier alpha value is -4.13. The number of aliphatic imine (C=N–C) groups is 1. The van der Waals surface area contributed by atoms with Gasteiger partial charge in [0.05, 0.1) is 6.04 Å². The Morgan fingerprint density at radius 3 is 1.91 bits per heavy atom. The molecular weight excluding hydrogens is 588 g/mol. The van der Waals surface area contributed by atoms with Gasteiger partial charge >= 0.3 is 5.97 Å². The Bertz CT molecular complexity index is 1070. The number of nitrogens with one attached hydrogen (secondary N) is 3. The van der Waals surface area contributed by atoms with Gasteiger partial charge in [0, 0.05) is 31.7 Å². The molecule has 0 bridgehead atoms. The first-order chi connectivity index (χ1) is 20.2. The Morgan fingerprint density at radius 2 is 1.37 bits per heavy atom. The number of nitrogens with zero attached hydrogens (tertiary/aromatic N) is 2. The number of carboxylic acid groups (broad SMARTS) is 1. The van der Waals surface area contributed by atoms with Crippen molar-refractivity contribution in [1.82, 2.24) is 20.9 Å². The minimum Gasteiger partial charge on any atom is -0.480 e. The molecule has 0 aromatic carbocycles. The Kier molecular flexibility index (Phi) is 15.8. The van der Waals surface area contributed by atoms with Crippen LogP contribution in [0.15, 0.2) is 4.99 Å².